The average Bonchev–Trinajstić information content (AvgIpc) is 3.28. The van der Waals surface area contributed by atoms with Crippen molar-refractivity contribution in [3.8, 4) is 11.3 Å². The van der Waals surface area contributed by atoms with Gasteiger partial charge in [0.15, 0.2) is 17.1 Å². The van der Waals surface area contributed by atoms with E-state index in [9.17, 15) is 9.59 Å². The van der Waals surface area contributed by atoms with Crippen molar-refractivity contribution in [3.63, 3.8) is 0 Å². The van der Waals surface area contributed by atoms with Gasteiger partial charge in [-0.25, -0.2) is 4.79 Å². The van der Waals surface area contributed by atoms with Crippen LogP contribution in [0.5, 0.6) is 0 Å². The standard InChI is InChI=1S/C19H18Cl2N4O4/c1-4-25-9-15(17(23-25)19(27)28-10(2)3)22-18(26)14-8-16(29-24-14)12-6-5-11(20)7-13(12)21/h5-10H,4H2,1-3H3,(H,22,26). The van der Waals surface area contributed by atoms with E-state index in [0.717, 1.165) is 0 Å². The van der Waals surface area contributed by atoms with Crippen molar-refractivity contribution < 1.29 is 18.8 Å². The first-order valence-electron chi connectivity index (χ1n) is 8.80. The van der Waals surface area contributed by atoms with E-state index in [2.05, 4.69) is 15.6 Å². The summed E-state index contributed by atoms with van der Waals surface area (Å²) in [6, 6.07) is 6.32. The van der Waals surface area contributed by atoms with Gasteiger partial charge in [-0.15, -0.1) is 0 Å². The Hall–Kier alpha value is -2.84. The van der Waals surface area contributed by atoms with E-state index in [0.29, 0.717) is 27.9 Å². The summed E-state index contributed by atoms with van der Waals surface area (Å²) in [7, 11) is 0. The lowest BCUT2D eigenvalue weighted by atomic mass is 10.1. The van der Waals surface area contributed by atoms with Gasteiger partial charge in [0.25, 0.3) is 5.91 Å². The number of hydrogen-bond acceptors (Lipinski definition) is 6. The zero-order valence-corrected chi connectivity index (χ0v) is 17.4. The number of nitrogens with one attached hydrogen (secondary N) is 1. The number of halogens is 2. The molecule has 1 N–H and O–H groups in total. The molecule has 2 heterocycles. The van der Waals surface area contributed by atoms with Crippen molar-refractivity contribution in [1.29, 1.82) is 0 Å². The molecule has 29 heavy (non-hydrogen) atoms. The highest BCUT2D eigenvalue weighted by Crippen LogP contribution is 2.31. The number of hydrogen-bond donors (Lipinski definition) is 1. The summed E-state index contributed by atoms with van der Waals surface area (Å²) >= 11 is 12.1. The van der Waals surface area contributed by atoms with Gasteiger partial charge in [0.2, 0.25) is 0 Å². The molecule has 1 amide bonds. The van der Waals surface area contributed by atoms with Gasteiger partial charge in [0.05, 0.1) is 16.8 Å². The molecule has 3 rings (SSSR count). The maximum absolute atomic E-state index is 12.6. The molecular weight excluding hydrogens is 419 g/mol. The lowest BCUT2D eigenvalue weighted by Gasteiger charge is -2.07. The summed E-state index contributed by atoms with van der Waals surface area (Å²) in [4.78, 5) is 24.9. The van der Waals surface area contributed by atoms with E-state index < -0.39 is 11.9 Å². The third kappa shape index (κ3) is 4.78. The van der Waals surface area contributed by atoms with E-state index in [-0.39, 0.29) is 23.2 Å². The van der Waals surface area contributed by atoms with Crippen LogP contribution in [0.3, 0.4) is 0 Å². The number of carbonyl (C=O) groups is 2. The highest BCUT2D eigenvalue weighted by atomic mass is 35.5. The largest absolute Gasteiger partial charge is 0.458 e. The van der Waals surface area contributed by atoms with Gasteiger partial charge in [-0.3, -0.25) is 9.48 Å². The normalized spacial score (nSPS) is 11.0. The molecule has 0 aliphatic rings. The summed E-state index contributed by atoms with van der Waals surface area (Å²) in [6.07, 6.45) is 1.23. The van der Waals surface area contributed by atoms with Crippen molar-refractivity contribution in [2.45, 2.75) is 33.4 Å². The summed E-state index contributed by atoms with van der Waals surface area (Å²) in [5.74, 6) is -0.892. The number of aryl methyl sites for hydroxylation is 1. The molecule has 0 atom stereocenters. The molecule has 0 unspecified atom stereocenters. The zero-order valence-electron chi connectivity index (χ0n) is 15.9. The predicted octanol–water partition coefficient (Wildman–Crippen LogP) is 4.68. The molecule has 0 radical (unpaired) electrons. The number of ether oxygens (including phenoxy) is 1. The fraction of sp³-hybridized carbons (Fsp3) is 0.263. The monoisotopic (exact) mass is 436 g/mol. The minimum atomic E-state index is -0.628. The van der Waals surface area contributed by atoms with Gasteiger partial charge in [0.1, 0.15) is 0 Å². The smallest absolute Gasteiger partial charge is 0.361 e. The van der Waals surface area contributed by atoms with Crippen molar-refractivity contribution in [2.24, 2.45) is 0 Å². The van der Waals surface area contributed by atoms with E-state index in [4.69, 9.17) is 32.5 Å². The van der Waals surface area contributed by atoms with Crippen molar-refractivity contribution in [2.75, 3.05) is 5.32 Å². The average molecular weight is 437 g/mol. The minimum absolute atomic E-state index is 0.0124. The van der Waals surface area contributed by atoms with Crippen LogP contribution in [-0.4, -0.2) is 32.9 Å². The Bertz CT molecular complexity index is 1060. The Labute approximate surface area is 176 Å². The number of carbonyl (C=O) groups excluding carboxylic acids is 2. The number of nitrogens with zero attached hydrogens (tertiary/aromatic N) is 3. The maximum atomic E-state index is 12.6. The van der Waals surface area contributed by atoms with E-state index in [1.165, 1.54) is 10.7 Å². The van der Waals surface area contributed by atoms with Gasteiger partial charge in [-0.2, -0.15) is 5.10 Å². The van der Waals surface area contributed by atoms with E-state index in [1.807, 2.05) is 6.92 Å². The highest BCUT2D eigenvalue weighted by molar-refractivity contribution is 6.36. The third-order valence-electron chi connectivity index (χ3n) is 3.81. The first kappa shape index (κ1) is 20.9. The molecule has 0 saturated carbocycles. The van der Waals surface area contributed by atoms with Gasteiger partial charge in [-0.1, -0.05) is 28.4 Å². The summed E-state index contributed by atoms with van der Waals surface area (Å²) in [5.41, 5.74) is 0.788. The second-order valence-electron chi connectivity index (χ2n) is 6.36. The molecule has 0 aliphatic heterocycles. The first-order chi connectivity index (χ1) is 13.8. The molecule has 1 aromatic carbocycles. The molecule has 0 aliphatic carbocycles. The summed E-state index contributed by atoms with van der Waals surface area (Å²) in [5, 5.41) is 11.4. The van der Waals surface area contributed by atoms with Gasteiger partial charge >= 0.3 is 5.97 Å². The fourth-order valence-electron chi connectivity index (χ4n) is 2.48. The Morgan fingerprint density at radius 1 is 1.28 bits per heavy atom. The van der Waals surface area contributed by atoms with Crippen LogP contribution in [0.15, 0.2) is 35.0 Å². The van der Waals surface area contributed by atoms with E-state index >= 15 is 0 Å². The summed E-state index contributed by atoms with van der Waals surface area (Å²) < 4.78 is 11.9. The van der Waals surface area contributed by atoms with Crippen molar-refractivity contribution in [1.82, 2.24) is 14.9 Å². The van der Waals surface area contributed by atoms with Crippen LogP contribution in [0.4, 0.5) is 5.69 Å². The molecule has 0 bridgehead atoms. The Morgan fingerprint density at radius 3 is 2.69 bits per heavy atom. The second kappa shape index (κ2) is 8.67. The van der Waals surface area contributed by atoms with Crippen LogP contribution < -0.4 is 5.32 Å². The van der Waals surface area contributed by atoms with Crippen molar-refractivity contribution >= 4 is 40.8 Å². The molecule has 10 heteroatoms. The van der Waals surface area contributed by atoms with Crippen LogP contribution in [0.1, 0.15) is 41.7 Å². The third-order valence-corrected chi connectivity index (χ3v) is 4.36. The van der Waals surface area contributed by atoms with Crippen LogP contribution in [0, 0.1) is 0 Å². The van der Waals surface area contributed by atoms with Crippen LogP contribution >= 0.6 is 23.2 Å². The SMILES string of the molecule is CCn1cc(NC(=O)c2cc(-c3ccc(Cl)cc3Cl)on2)c(C(=O)OC(C)C)n1. The van der Waals surface area contributed by atoms with Crippen LogP contribution in [0.25, 0.3) is 11.3 Å². The Balaban J connectivity index is 1.83. The number of rotatable bonds is 6. The molecule has 152 valence electrons. The van der Waals surface area contributed by atoms with Crippen LogP contribution in [0.2, 0.25) is 10.0 Å². The van der Waals surface area contributed by atoms with Crippen molar-refractivity contribution in [3.05, 3.63) is 51.9 Å². The first-order valence-corrected chi connectivity index (χ1v) is 9.56. The number of esters is 1. The number of aromatic nitrogens is 3. The molecule has 2 aromatic heterocycles. The molecule has 0 fully saturated rings. The second-order valence-corrected chi connectivity index (χ2v) is 7.20. The molecule has 0 spiro atoms. The van der Waals surface area contributed by atoms with Gasteiger partial charge in [-0.05, 0) is 39.0 Å². The van der Waals surface area contributed by atoms with E-state index in [1.54, 1.807) is 38.2 Å². The molecule has 3 aromatic rings. The molecule has 0 saturated heterocycles. The highest BCUT2D eigenvalue weighted by Gasteiger charge is 2.23. The Kier molecular flexibility index (Phi) is 6.24. The fourth-order valence-corrected chi connectivity index (χ4v) is 2.98. The lowest BCUT2D eigenvalue weighted by Crippen LogP contribution is -2.17. The number of benzene rings is 1. The lowest BCUT2D eigenvalue weighted by molar-refractivity contribution is 0.0371. The topological polar surface area (TPSA) is 99.2 Å². The predicted molar refractivity (Wildman–Crippen MR) is 108 cm³/mol. The minimum Gasteiger partial charge on any atom is -0.458 e. The quantitative estimate of drug-likeness (QED) is 0.562. The maximum Gasteiger partial charge on any atom is 0.361 e. The number of anilines is 1. The zero-order chi connectivity index (χ0) is 21.1. The van der Waals surface area contributed by atoms with Crippen LogP contribution in [-0.2, 0) is 11.3 Å². The Morgan fingerprint density at radius 2 is 2.03 bits per heavy atom. The molecular formula is C19H18Cl2N4O4. The van der Waals surface area contributed by atoms with Gasteiger partial charge < -0.3 is 14.6 Å². The van der Waals surface area contributed by atoms with Gasteiger partial charge in [0, 0.05) is 29.4 Å². The molecule has 8 nitrogen and oxygen atoms in total. The summed E-state index contributed by atoms with van der Waals surface area (Å²) in [6.45, 7) is 5.83. The number of amides is 1.